The van der Waals surface area contributed by atoms with Crippen LogP contribution in [-0.4, -0.2) is 7.11 Å². The molecular weight excluding hydrogens is 174 g/mol. The van der Waals surface area contributed by atoms with Crippen LogP contribution >= 0.6 is 0 Å². The van der Waals surface area contributed by atoms with Gasteiger partial charge in [0.2, 0.25) is 0 Å². The molecule has 72 valence electrons. The predicted octanol–water partition coefficient (Wildman–Crippen LogP) is 3.25. The second-order valence-electron chi connectivity index (χ2n) is 2.77. The van der Waals surface area contributed by atoms with Gasteiger partial charge in [0.05, 0.1) is 7.11 Å². The Hall–Kier alpha value is -1.12. The van der Waals surface area contributed by atoms with E-state index in [2.05, 4.69) is 0 Å². The number of methoxy groups -OCH3 is 1. The SMILES string of the molecule is CCC(F)c1ccc(OC)c(F)c1. The Morgan fingerprint density at radius 2 is 2.15 bits per heavy atom. The highest BCUT2D eigenvalue weighted by Gasteiger charge is 2.10. The predicted molar refractivity (Wildman–Crippen MR) is 47.1 cm³/mol. The first kappa shape index (κ1) is 9.96. The van der Waals surface area contributed by atoms with Crippen LogP contribution in [0.1, 0.15) is 25.1 Å². The first-order valence-electron chi connectivity index (χ1n) is 4.16. The van der Waals surface area contributed by atoms with E-state index < -0.39 is 12.0 Å². The zero-order chi connectivity index (χ0) is 9.84. The molecule has 0 N–H and O–H groups in total. The molecule has 0 aliphatic heterocycles. The second kappa shape index (κ2) is 4.21. The minimum Gasteiger partial charge on any atom is -0.494 e. The summed E-state index contributed by atoms with van der Waals surface area (Å²) in [5, 5.41) is 0. The van der Waals surface area contributed by atoms with Gasteiger partial charge in [-0.1, -0.05) is 13.0 Å². The first-order valence-corrected chi connectivity index (χ1v) is 4.16. The summed E-state index contributed by atoms with van der Waals surface area (Å²) in [7, 11) is 1.38. The van der Waals surface area contributed by atoms with Gasteiger partial charge in [-0.3, -0.25) is 0 Å². The number of benzene rings is 1. The summed E-state index contributed by atoms with van der Waals surface area (Å²) in [4.78, 5) is 0. The van der Waals surface area contributed by atoms with E-state index in [4.69, 9.17) is 4.74 Å². The van der Waals surface area contributed by atoms with Gasteiger partial charge in [-0.15, -0.1) is 0 Å². The summed E-state index contributed by atoms with van der Waals surface area (Å²) in [5.41, 5.74) is 0.362. The van der Waals surface area contributed by atoms with Crippen LogP contribution in [0.3, 0.4) is 0 Å². The van der Waals surface area contributed by atoms with Crippen LogP contribution in [0.2, 0.25) is 0 Å². The van der Waals surface area contributed by atoms with Crippen molar-refractivity contribution < 1.29 is 13.5 Å². The smallest absolute Gasteiger partial charge is 0.165 e. The van der Waals surface area contributed by atoms with Crippen molar-refractivity contribution in [3.05, 3.63) is 29.6 Å². The monoisotopic (exact) mass is 186 g/mol. The van der Waals surface area contributed by atoms with Gasteiger partial charge >= 0.3 is 0 Å². The fourth-order valence-corrected chi connectivity index (χ4v) is 1.11. The Morgan fingerprint density at radius 3 is 2.62 bits per heavy atom. The Morgan fingerprint density at radius 1 is 1.46 bits per heavy atom. The number of alkyl halides is 1. The number of ether oxygens (including phenoxy) is 1. The van der Waals surface area contributed by atoms with Crippen LogP contribution in [-0.2, 0) is 0 Å². The zero-order valence-electron chi connectivity index (χ0n) is 7.68. The van der Waals surface area contributed by atoms with Gasteiger partial charge in [0.1, 0.15) is 6.17 Å². The average Bonchev–Trinajstić information content (AvgIpc) is 2.16. The number of rotatable bonds is 3. The van der Waals surface area contributed by atoms with Crippen molar-refractivity contribution >= 4 is 0 Å². The molecule has 1 unspecified atom stereocenters. The van der Waals surface area contributed by atoms with E-state index in [1.165, 1.54) is 25.3 Å². The van der Waals surface area contributed by atoms with E-state index in [1.54, 1.807) is 6.92 Å². The van der Waals surface area contributed by atoms with Crippen molar-refractivity contribution in [3.8, 4) is 5.75 Å². The van der Waals surface area contributed by atoms with Crippen molar-refractivity contribution in [2.45, 2.75) is 19.5 Å². The molecule has 0 aliphatic rings. The van der Waals surface area contributed by atoms with Gasteiger partial charge in [0.15, 0.2) is 11.6 Å². The van der Waals surface area contributed by atoms with E-state index >= 15 is 0 Å². The first-order chi connectivity index (χ1) is 6.19. The molecule has 0 saturated carbocycles. The third-order valence-electron chi connectivity index (χ3n) is 1.90. The lowest BCUT2D eigenvalue weighted by Gasteiger charge is -2.07. The summed E-state index contributed by atoms with van der Waals surface area (Å²) < 4.78 is 30.8. The van der Waals surface area contributed by atoms with Gasteiger partial charge in [-0.05, 0) is 24.1 Å². The van der Waals surface area contributed by atoms with E-state index in [0.717, 1.165) is 0 Å². The summed E-state index contributed by atoms with van der Waals surface area (Å²) in [6.45, 7) is 1.72. The van der Waals surface area contributed by atoms with Crippen molar-refractivity contribution in [3.63, 3.8) is 0 Å². The van der Waals surface area contributed by atoms with Gasteiger partial charge < -0.3 is 4.74 Å². The molecule has 13 heavy (non-hydrogen) atoms. The lowest BCUT2D eigenvalue weighted by atomic mass is 10.1. The van der Waals surface area contributed by atoms with E-state index in [-0.39, 0.29) is 5.75 Å². The molecule has 0 bridgehead atoms. The van der Waals surface area contributed by atoms with Crippen molar-refractivity contribution in [1.82, 2.24) is 0 Å². The normalized spacial score (nSPS) is 12.6. The number of hydrogen-bond donors (Lipinski definition) is 0. The highest BCUT2D eigenvalue weighted by atomic mass is 19.1. The minimum atomic E-state index is -1.10. The molecule has 0 aliphatic carbocycles. The molecule has 3 heteroatoms. The molecule has 1 nitrogen and oxygen atoms in total. The van der Waals surface area contributed by atoms with Crippen LogP contribution in [0.15, 0.2) is 18.2 Å². The van der Waals surface area contributed by atoms with Crippen LogP contribution in [0.25, 0.3) is 0 Å². The highest BCUT2D eigenvalue weighted by Crippen LogP contribution is 2.25. The summed E-state index contributed by atoms with van der Waals surface area (Å²) in [6.07, 6.45) is -0.744. The van der Waals surface area contributed by atoms with E-state index in [1.807, 2.05) is 0 Å². The summed E-state index contributed by atoms with van der Waals surface area (Å²) >= 11 is 0. The quantitative estimate of drug-likeness (QED) is 0.704. The fourth-order valence-electron chi connectivity index (χ4n) is 1.11. The van der Waals surface area contributed by atoms with Gasteiger partial charge in [-0.25, -0.2) is 8.78 Å². The van der Waals surface area contributed by atoms with Gasteiger partial charge in [0, 0.05) is 0 Å². The molecule has 0 radical (unpaired) electrons. The number of hydrogen-bond acceptors (Lipinski definition) is 1. The topological polar surface area (TPSA) is 9.23 Å². The van der Waals surface area contributed by atoms with Crippen molar-refractivity contribution in [1.29, 1.82) is 0 Å². The van der Waals surface area contributed by atoms with Gasteiger partial charge in [0.25, 0.3) is 0 Å². The van der Waals surface area contributed by atoms with Crippen LogP contribution < -0.4 is 4.74 Å². The maximum absolute atomic E-state index is 13.1. The molecule has 0 heterocycles. The maximum Gasteiger partial charge on any atom is 0.165 e. The molecule has 0 fully saturated rings. The standard InChI is InChI=1S/C10H12F2O/c1-3-8(11)7-4-5-10(13-2)9(12)6-7/h4-6,8H,3H2,1-2H3. The van der Waals surface area contributed by atoms with Crippen LogP contribution in [0.5, 0.6) is 5.75 Å². The second-order valence-corrected chi connectivity index (χ2v) is 2.77. The number of halogens is 2. The summed E-state index contributed by atoms with van der Waals surface area (Å²) in [6, 6.07) is 4.15. The van der Waals surface area contributed by atoms with Crippen LogP contribution in [0.4, 0.5) is 8.78 Å². The lowest BCUT2D eigenvalue weighted by molar-refractivity contribution is 0.331. The van der Waals surface area contributed by atoms with E-state index in [9.17, 15) is 8.78 Å². The molecule has 0 amide bonds. The third kappa shape index (κ3) is 2.17. The minimum absolute atomic E-state index is 0.145. The molecule has 1 rings (SSSR count). The average molecular weight is 186 g/mol. The Balaban J connectivity index is 2.95. The molecular formula is C10H12F2O. The maximum atomic E-state index is 13.1. The molecule has 1 atom stereocenters. The molecule has 1 aromatic carbocycles. The lowest BCUT2D eigenvalue weighted by Crippen LogP contribution is -1.93. The third-order valence-corrected chi connectivity index (χ3v) is 1.90. The Bertz CT molecular complexity index is 286. The Kier molecular flexibility index (Phi) is 3.23. The zero-order valence-corrected chi connectivity index (χ0v) is 7.68. The largest absolute Gasteiger partial charge is 0.494 e. The molecule has 0 saturated heterocycles. The van der Waals surface area contributed by atoms with Crippen molar-refractivity contribution in [2.24, 2.45) is 0 Å². The Labute approximate surface area is 76.3 Å². The summed E-state index contributed by atoms with van der Waals surface area (Å²) in [5.74, 6) is -0.372. The van der Waals surface area contributed by atoms with Crippen molar-refractivity contribution in [2.75, 3.05) is 7.11 Å². The van der Waals surface area contributed by atoms with Gasteiger partial charge in [-0.2, -0.15) is 0 Å². The molecule has 0 aromatic heterocycles. The van der Waals surface area contributed by atoms with Crippen LogP contribution in [0, 0.1) is 5.82 Å². The highest BCUT2D eigenvalue weighted by molar-refractivity contribution is 5.30. The molecule has 0 spiro atoms. The van der Waals surface area contributed by atoms with E-state index in [0.29, 0.717) is 12.0 Å². The molecule has 1 aromatic rings. The fraction of sp³-hybridized carbons (Fsp3) is 0.400.